The molecule has 3 N–H and O–H groups in total. The van der Waals surface area contributed by atoms with E-state index in [1.165, 1.54) is 25.0 Å². The van der Waals surface area contributed by atoms with E-state index in [2.05, 4.69) is 41.8 Å². The summed E-state index contributed by atoms with van der Waals surface area (Å²) in [6.45, 7) is 4.34. The second-order valence-electron chi connectivity index (χ2n) is 7.12. The topological polar surface area (TPSA) is 81.8 Å². The molecule has 7 nitrogen and oxygen atoms in total. The summed E-state index contributed by atoms with van der Waals surface area (Å²) in [5, 5.41) is 14.1. The highest BCUT2D eigenvalue weighted by atomic mass is 15.3. The van der Waals surface area contributed by atoms with E-state index in [1.807, 2.05) is 12.3 Å². The van der Waals surface area contributed by atoms with Gasteiger partial charge in [-0.2, -0.15) is 10.1 Å². The predicted molar refractivity (Wildman–Crippen MR) is 88.0 cm³/mol. The Kier molecular flexibility index (Phi) is 2.85. The van der Waals surface area contributed by atoms with Crippen LogP contribution >= 0.6 is 0 Å². The molecule has 4 heterocycles. The molecule has 23 heavy (non-hydrogen) atoms. The Labute approximate surface area is 134 Å². The molecule has 0 unspecified atom stereocenters. The lowest BCUT2D eigenvalue weighted by atomic mass is 9.81. The van der Waals surface area contributed by atoms with Crippen molar-refractivity contribution in [1.29, 1.82) is 0 Å². The molecule has 2 aromatic heterocycles. The van der Waals surface area contributed by atoms with Gasteiger partial charge in [0.15, 0.2) is 5.82 Å². The smallest absolute Gasteiger partial charge is 0.227 e. The number of rotatable bonds is 4. The third-order valence-electron chi connectivity index (χ3n) is 5.24. The standard InChI is InChI=1S/C16H21N7/c1-2-11(1)12-7-14(22-21-12)19-13-3-5-18-15(20-13)23-6-4-16(10-23)8-17-9-16/h3,5,7,11,17H,1-2,4,6,8-10H2,(H2,18,19,20,21,22). The van der Waals surface area contributed by atoms with E-state index >= 15 is 0 Å². The van der Waals surface area contributed by atoms with Gasteiger partial charge in [-0.3, -0.25) is 5.10 Å². The predicted octanol–water partition coefficient (Wildman–Crippen LogP) is 1.62. The third-order valence-corrected chi connectivity index (χ3v) is 5.24. The van der Waals surface area contributed by atoms with Crippen LogP contribution in [0.4, 0.5) is 17.6 Å². The summed E-state index contributed by atoms with van der Waals surface area (Å²) in [4.78, 5) is 11.4. The molecule has 3 aliphatic rings. The van der Waals surface area contributed by atoms with Crippen LogP contribution in [0.1, 0.15) is 30.9 Å². The second kappa shape index (κ2) is 4.92. The maximum absolute atomic E-state index is 4.67. The number of H-pyrrole nitrogens is 1. The van der Waals surface area contributed by atoms with Gasteiger partial charge in [-0.05, 0) is 25.3 Å². The lowest BCUT2D eigenvalue weighted by molar-refractivity contribution is 0.199. The van der Waals surface area contributed by atoms with Crippen molar-refractivity contribution in [3.8, 4) is 0 Å². The van der Waals surface area contributed by atoms with Crippen molar-refractivity contribution < 1.29 is 0 Å². The van der Waals surface area contributed by atoms with Crippen molar-refractivity contribution in [3.05, 3.63) is 24.0 Å². The summed E-state index contributed by atoms with van der Waals surface area (Å²) >= 11 is 0. The Balaban J connectivity index is 1.31. The molecular weight excluding hydrogens is 290 g/mol. The normalized spacial score (nSPS) is 22.3. The van der Waals surface area contributed by atoms with Crippen LogP contribution in [0.25, 0.3) is 0 Å². The lowest BCUT2D eigenvalue weighted by Gasteiger charge is -2.38. The van der Waals surface area contributed by atoms with Crippen molar-refractivity contribution in [2.24, 2.45) is 5.41 Å². The molecule has 1 spiro atoms. The SMILES string of the molecule is c1cc(Nc2cc(C3CC3)[nH]n2)nc(N2CCC3(CNC3)C2)n1. The second-order valence-corrected chi connectivity index (χ2v) is 7.12. The Morgan fingerprint density at radius 1 is 1.26 bits per heavy atom. The summed E-state index contributed by atoms with van der Waals surface area (Å²) in [6, 6.07) is 3.98. The quantitative estimate of drug-likeness (QED) is 0.796. The molecule has 5 rings (SSSR count). The number of hydrogen-bond acceptors (Lipinski definition) is 6. The first kappa shape index (κ1) is 13.3. The Bertz CT molecular complexity index is 717. The zero-order valence-corrected chi connectivity index (χ0v) is 13.0. The minimum absolute atomic E-state index is 0.453. The number of nitrogens with zero attached hydrogens (tertiary/aromatic N) is 4. The Hall–Kier alpha value is -2.15. The van der Waals surface area contributed by atoms with E-state index in [1.54, 1.807) is 0 Å². The zero-order chi connectivity index (χ0) is 15.3. The van der Waals surface area contributed by atoms with Crippen LogP contribution in [0.5, 0.6) is 0 Å². The molecule has 0 amide bonds. The van der Waals surface area contributed by atoms with E-state index in [4.69, 9.17) is 0 Å². The van der Waals surface area contributed by atoms with Gasteiger partial charge in [-0.25, -0.2) is 4.98 Å². The van der Waals surface area contributed by atoms with Crippen LogP contribution in [-0.2, 0) is 0 Å². The van der Waals surface area contributed by atoms with Gasteiger partial charge in [-0.1, -0.05) is 0 Å². The van der Waals surface area contributed by atoms with Crippen LogP contribution in [0.2, 0.25) is 0 Å². The maximum atomic E-state index is 4.67. The van der Waals surface area contributed by atoms with Crippen LogP contribution < -0.4 is 15.5 Å². The van der Waals surface area contributed by atoms with Gasteiger partial charge in [0.25, 0.3) is 0 Å². The highest BCUT2D eigenvalue weighted by molar-refractivity contribution is 5.54. The lowest BCUT2D eigenvalue weighted by Crippen LogP contribution is -2.54. The third kappa shape index (κ3) is 2.45. The zero-order valence-electron chi connectivity index (χ0n) is 13.0. The van der Waals surface area contributed by atoms with Crippen molar-refractivity contribution in [2.45, 2.75) is 25.2 Å². The summed E-state index contributed by atoms with van der Waals surface area (Å²) in [5.41, 5.74) is 1.68. The molecule has 2 aromatic rings. The van der Waals surface area contributed by atoms with Gasteiger partial charge in [0, 0.05) is 55.5 Å². The van der Waals surface area contributed by atoms with Crippen LogP contribution in [0.15, 0.2) is 18.3 Å². The average molecular weight is 311 g/mol. The van der Waals surface area contributed by atoms with E-state index < -0.39 is 0 Å². The minimum Gasteiger partial charge on any atom is -0.340 e. The number of aromatic amines is 1. The molecule has 0 radical (unpaired) electrons. The molecule has 2 aliphatic heterocycles. The fourth-order valence-corrected chi connectivity index (χ4v) is 3.58. The Morgan fingerprint density at radius 3 is 2.91 bits per heavy atom. The molecule has 120 valence electrons. The first-order valence-electron chi connectivity index (χ1n) is 8.41. The van der Waals surface area contributed by atoms with Crippen molar-refractivity contribution in [3.63, 3.8) is 0 Å². The largest absolute Gasteiger partial charge is 0.340 e. The van der Waals surface area contributed by atoms with Gasteiger partial charge in [0.2, 0.25) is 5.95 Å². The van der Waals surface area contributed by atoms with Crippen molar-refractivity contribution in [1.82, 2.24) is 25.5 Å². The number of anilines is 3. The highest BCUT2D eigenvalue weighted by Crippen LogP contribution is 2.39. The molecule has 7 heteroatoms. The minimum atomic E-state index is 0.453. The number of hydrogen-bond donors (Lipinski definition) is 3. The highest BCUT2D eigenvalue weighted by Gasteiger charge is 2.43. The Morgan fingerprint density at radius 2 is 2.17 bits per heavy atom. The van der Waals surface area contributed by atoms with Gasteiger partial charge in [0.05, 0.1) is 0 Å². The van der Waals surface area contributed by atoms with Crippen LogP contribution in [0, 0.1) is 5.41 Å². The maximum Gasteiger partial charge on any atom is 0.227 e. The summed E-state index contributed by atoms with van der Waals surface area (Å²) < 4.78 is 0. The molecule has 0 atom stereocenters. The van der Waals surface area contributed by atoms with Gasteiger partial charge in [0.1, 0.15) is 5.82 Å². The summed E-state index contributed by atoms with van der Waals surface area (Å²) in [6.07, 6.45) is 5.59. The number of nitrogens with one attached hydrogen (secondary N) is 3. The van der Waals surface area contributed by atoms with E-state index in [9.17, 15) is 0 Å². The summed E-state index contributed by atoms with van der Waals surface area (Å²) in [7, 11) is 0. The van der Waals surface area contributed by atoms with Crippen molar-refractivity contribution in [2.75, 3.05) is 36.4 Å². The van der Waals surface area contributed by atoms with Crippen molar-refractivity contribution >= 4 is 17.6 Å². The molecule has 2 saturated heterocycles. The van der Waals surface area contributed by atoms with Gasteiger partial charge < -0.3 is 15.5 Å². The molecule has 1 saturated carbocycles. The monoisotopic (exact) mass is 311 g/mol. The van der Waals surface area contributed by atoms with Gasteiger partial charge in [-0.15, -0.1) is 0 Å². The first-order chi connectivity index (χ1) is 11.3. The average Bonchev–Trinajstić information content (AvgIpc) is 3.10. The molecule has 3 fully saturated rings. The van der Waals surface area contributed by atoms with Crippen LogP contribution in [0.3, 0.4) is 0 Å². The number of aromatic nitrogens is 4. The summed E-state index contributed by atoms with van der Waals surface area (Å²) in [5.74, 6) is 3.13. The van der Waals surface area contributed by atoms with E-state index in [-0.39, 0.29) is 0 Å². The first-order valence-corrected chi connectivity index (χ1v) is 8.41. The van der Waals surface area contributed by atoms with E-state index in [0.29, 0.717) is 11.3 Å². The molecule has 1 aliphatic carbocycles. The van der Waals surface area contributed by atoms with Crippen LogP contribution in [-0.4, -0.2) is 46.3 Å². The molecular formula is C16H21N7. The fourth-order valence-electron chi connectivity index (χ4n) is 3.58. The molecule has 0 bridgehead atoms. The fraction of sp³-hybridized carbons (Fsp3) is 0.562. The van der Waals surface area contributed by atoms with E-state index in [0.717, 1.165) is 43.8 Å². The molecule has 0 aromatic carbocycles. The van der Waals surface area contributed by atoms with Gasteiger partial charge >= 0.3 is 0 Å².